The average Bonchev–Trinajstić information content (AvgIpc) is 2.37. The number of amides is 1. The number of nitrogens with two attached hydrogens (primary N) is 1. The Hall–Kier alpha value is -1.40. The first-order valence-corrected chi connectivity index (χ1v) is 9.07. The summed E-state index contributed by atoms with van der Waals surface area (Å²) in [5.41, 5.74) is 6.66. The zero-order valence-corrected chi connectivity index (χ0v) is 13.7. The fraction of sp³-hybridized carbons (Fsp3) is 0.533. The fourth-order valence-electron chi connectivity index (χ4n) is 1.96. The van der Waals surface area contributed by atoms with Gasteiger partial charge in [-0.05, 0) is 37.5 Å². The summed E-state index contributed by atoms with van der Waals surface area (Å²) in [6, 6.07) is 7.15. The van der Waals surface area contributed by atoms with Gasteiger partial charge in [0.1, 0.15) is 9.84 Å². The molecule has 1 atom stereocenters. The summed E-state index contributed by atoms with van der Waals surface area (Å²) in [6.45, 7) is 3.70. The van der Waals surface area contributed by atoms with Gasteiger partial charge in [-0.25, -0.2) is 8.42 Å². The molecule has 0 saturated heterocycles. The highest BCUT2D eigenvalue weighted by atomic mass is 32.2. The van der Waals surface area contributed by atoms with Crippen molar-refractivity contribution >= 4 is 21.4 Å². The van der Waals surface area contributed by atoms with Gasteiger partial charge in [0.05, 0.1) is 11.3 Å². The Balaban J connectivity index is 2.64. The number of anilines is 1. The Bertz CT molecular complexity index is 577. The van der Waals surface area contributed by atoms with Crippen molar-refractivity contribution in [2.45, 2.75) is 38.6 Å². The van der Waals surface area contributed by atoms with E-state index in [1.807, 2.05) is 19.1 Å². The van der Waals surface area contributed by atoms with Crippen molar-refractivity contribution in [1.29, 1.82) is 0 Å². The Morgan fingerprint density at radius 3 is 2.33 bits per heavy atom. The molecule has 0 saturated carbocycles. The second-order valence-electron chi connectivity index (χ2n) is 5.70. The number of hydrogen-bond donors (Lipinski definition) is 2. The quantitative estimate of drug-likeness (QED) is 0.802. The molecule has 1 amide bonds. The van der Waals surface area contributed by atoms with Crippen LogP contribution in [0.25, 0.3) is 0 Å². The van der Waals surface area contributed by atoms with Crippen LogP contribution in [0.5, 0.6) is 0 Å². The lowest BCUT2D eigenvalue weighted by Crippen LogP contribution is -2.48. The van der Waals surface area contributed by atoms with Crippen LogP contribution in [0.1, 0.15) is 32.3 Å². The van der Waals surface area contributed by atoms with Gasteiger partial charge in [-0.3, -0.25) is 4.79 Å². The molecule has 0 aliphatic rings. The van der Waals surface area contributed by atoms with Crippen LogP contribution in [-0.2, 0) is 21.1 Å². The molecule has 0 heterocycles. The Kier molecular flexibility index (Phi) is 5.92. The van der Waals surface area contributed by atoms with Gasteiger partial charge in [-0.1, -0.05) is 25.5 Å². The van der Waals surface area contributed by atoms with Gasteiger partial charge in [0.25, 0.3) is 0 Å². The number of rotatable bonds is 7. The van der Waals surface area contributed by atoms with E-state index in [2.05, 4.69) is 5.32 Å². The van der Waals surface area contributed by atoms with Gasteiger partial charge in [0, 0.05) is 11.9 Å². The van der Waals surface area contributed by atoms with Crippen molar-refractivity contribution in [2.75, 3.05) is 17.3 Å². The Morgan fingerprint density at radius 1 is 1.29 bits per heavy atom. The maximum absolute atomic E-state index is 12.1. The highest BCUT2D eigenvalue weighted by molar-refractivity contribution is 7.90. The van der Waals surface area contributed by atoms with Crippen LogP contribution in [0.15, 0.2) is 24.3 Å². The number of carbonyl (C=O) groups is 1. The molecule has 0 bridgehead atoms. The van der Waals surface area contributed by atoms with E-state index < -0.39 is 15.4 Å². The summed E-state index contributed by atoms with van der Waals surface area (Å²) in [6.07, 6.45) is 3.14. The molecule has 0 fully saturated rings. The molecule has 0 radical (unpaired) electrons. The predicted molar refractivity (Wildman–Crippen MR) is 86.0 cm³/mol. The minimum absolute atomic E-state index is 0.121. The number of benzene rings is 1. The molecule has 0 aromatic heterocycles. The highest BCUT2D eigenvalue weighted by Gasteiger charge is 2.26. The summed E-state index contributed by atoms with van der Waals surface area (Å²) < 4.78 is 22.2. The Morgan fingerprint density at radius 2 is 1.86 bits per heavy atom. The SMILES string of the molecule is CCCC(C)(N)C(=O)Nc1ccc(CCS(C)(=O)=O)cc1. The van der Waals surface area contributed by atoms with E-state index in [0.29, 0.717) is 18.5 Å². The maximum atomic E-state index is 12.1. The second-order valence-corrected chi connectivity index (χ2v) is 7.96. The summed E-state index contributed by atoms with van der Waals surface area (Å²) in [7, 11) is -2.96. The predicted octanol–water partition coefficient (Wildman–Crippen LogP) is 1.73. The van der Waals surface area contributed by atoms with Crippen molar-refractivity contribution in [2.24, 2.45) is 5.73 Å². The average molecular weight is 312 g/mol. The molecular formula is C15H24N2O3S. The third kappa shape index (κ3) is 6.27. The van der Waals surface area contributed by atoms with Gasteiger partial charge in [0.15, 0.2) is 0 Å². The van der Waals surface area contributed by atoms with Crippen LogP contribution in [0.2, 0.25) is 0 Å². The van der Waals surface area contributed by atoms with E-state index in [0.717, 1.165) is 12.0 Å². The molecule has 118 valence electrons. The molecule has 1 unspecified atom stereocenters. The fourth-order valence-corrected chi connectivity index (χ4v) is 2.57. The van der Waals surface area contributed by atoms with Crippen molar-refractivity contribution in [3.8, 4) is 0 Å². The number of aryl methyl sites for hydroxylation is 1. The van der Waals surface area contributed by atoms with Gasteiger partial charge in [0.2, 0.25) is 5.91 Å². The summed E-state index contributed by atoms with van der Waals surface area (Å²) in [4.78, 5) is 12.1. The van der Waals surface area contributed by atoms with Crippen LogP contribution in [-0.4, -0.2) is 31.9 Å². The van der Waals surface area contributed by atoms with Crippen molar-refractivity contribution in [1.82, 2.24) is 0 Å². The van der Waals surface area contributed by atoms with E-state index in [-0.39, 0.29) is 11.7 Å². The summed E-state index contributed by atoms with van der Waals surface area (Å²) in [5, 5.41) is 2.78. The maximum Gasteiger partial charge on any atom is 0.244 e. The smallest absolute Gasteiger partial charge is 0.244 e. The number of carbonyl (C=O) groups excluding carboxylic acids is 1. The summed E-state index contributed by atoms with van der Waals surface area (Å²) in [5.74, 6) is -0.0935. The first-order chi connectivity index (χ1) is 9.64. The molecule has 1 aromatic carbocycles. The largest absolute Gasteiger partial charge is 0.325 e. The van der Waals surface area contributed by atoms with Crippen LogP contribution in [0, 0.1) is 0 Å². The molecule has 0 aliphatic carbocycles. The number of sulfone groups is 1. The van der Waals surface area contributed by atoms with Gasteiger partial charge in [-0.15, -0.1) is 0 Å². The molecule has 6 heteroatoms. The molecule has 3 N–H and O–H groups in total. The second kappa shape index (κ2) is 7.04. The normalized spacial score (nSPS) is 14.5. The van der Waals surface area contributed by atoms with Crippen LogP contribution >= 0.6 is 0 Å². The third-order valence-electron chi connectivity index (χ3n) is 3.26. The van der Waals surface area contributed by atoms with Crippen LogP contribution in [0.3, 0.4) is 0 Å². The Labute approximate surface area is 126 Å². The van der Waals surface area contributed by atoms with Crippen molar-refractivity contribution in [3.63, 3.8) is 0 Å². The zero-order chi connectivity index (χ0) is 16.1. The number of nitrogens with one attached hydrogen (secondary N) is 1. The molecule has 1 rings (SSSR count). The van der Waals surface area contributed by atoms with E-state index in [4.69, 9.17) is 5.73 Å². The third-order valence-corrected chi connectivity index (χ3v) is 4.21. The molecule has 0 spiro atoms. The van der Waals surface area contributed by atoms with Crippen molar-refractivity contribution < 1.29 is 13.2 Å². The molecular weight excluding hydrogens is 288 g/mol. The topological polar surface area (TPSA) is 89.3 Å². The van der Waals surface area contributed by atoms with E-state index in [9.17, 15) is 13.2 Å². The van der Waals surface area contributed by atoms with E-state index in [1.165, 1.54) is 6.26 Å². The minimum atomic E-state index is -2.96. The minimum Gasteiger partial charge on any atom is -0.325 e. The standard InChI is InChI=1S/C15H24N2O3S/c1-4-10-15(2,16)14(18)17-13-7-5-12(6-8-13)9-11-21(3,19)20/h5-8H,4,9-11,16H2,1-3H3,(H,17,18). The first kappa shape index (κ1) is 17.7. The van der Waals surface area contributed by atoms with Crippen LogP contribution in [0.4, 0.5) is 5.69 Å². The van der Waals surface area contributed by atoms with E-state index in [1.54, 1.807) is 19.1 Å². The zero-order valence-electron chi connectivity index (χ0n) is 12.8. The van der Waals surface area contributed by atoms with Crippen LogP contribution < -0.4 is 11.1 Å². The molecule has 21 heavy (non-hydrogen) atoms. The molecule has 1 aromatic rings. The lowest BCUT2D eigenvalue weighted by molar-refractivity contribution is -0.120. The van der Waals surface area contributed by atoms with Crippen molar-refractivity contribution in [3.05, 3.63) is 29.8 Å². The van der Waals surface area contributed by atoms with Gasteiger partial charge in [-0.2, -0.15) is 0 Å². The lowest BCUT2D eigenvalue weighted by Gasteiger charge is -2.22. The van der Waals surface area contributed by atoms with Gasteiger partial charge < -0.3 is 11.1 Å². The first-order valence-electron chi connectivity index (χ1n) is 7.01. The molecule has 5 nitrogen and oxygen atoms in total. The van der Waals surface area contributed by atoms with Gasteiger partial charge >= 0.3 is 0 Å². The monoisotopic (exact) mass is 312 g/mol. The molecule has 0 aliphatic heterocycles. The lowest BCUT2D eigenvalue weighted by atomic mass is 9.96. The van der Waals surface area contributed by atoms with E-state index >= 15 is 0 Å². The summed E-state index contributed by atoms with van der Waals surface area (Å²) >= 11 is 0. The highest BCUT2D eigenvalue weighted by Crippen LogP contribution is 2.15. The number of hydrogen-bond acceptors (Lipinski definition) is 4.